The molecule has 2 fully saturated rings. The van der Waals surface area contributed by atoms with Gasteiger partial charge in [0.2, 0.25) is 23.5 Å². The Kier molecular flexibility index (Phi) is 20.4. The van der Waals surface area contributed by atoms with Gasteiger partial charge in [-0.25, -0.2) is 4.79 Å². The summed E-state index contributed by atoms with van der Waals surface area (Å²) in [6.07, 6.45) is 0.409. The van der Waals surface area contributed by atoms with Crippen molar-refractivity contribution in [1.82, 2.24) is 46.2 Å². The summed E-state index contributed by atoms with van der Waals surface area (Å²) in [5.41, 5.74) is 2.30. The summed E-state index contributed by atoms with van der Waals surface area (Å²) in [5.74, 6) is -3.18. The lowest BCUT2D eigenvalue weighted by Gasteiger charge is -2.32. The number of ether oxygens (including phenoxy) is 2. The number of carbonyl (C=O) groups excluding carboxylic acids is 7. The number of aryl methyl sites for hydroxylation is 1. The van der Waals surface area contributed by atoms with Crippen molar-refractivity contribution in [3.63, 3.8) is 0 Å². The molecular formula is C61H77N9O11. The molecule has 7 rings (SSSR count). The number of alkyl carbamates (subject to hydrolysis) is 1. The van der Waals surface area contributed by atoms with Gasteiger partial charge in [0.15, 0.2) is 11.6 Å². The first-order chi connectivity index (χ1) is 38.6. The number of likely N-dealkylation sites (tertiary alicyclic amines) is 1. The Bertz CT molecular complexity index is 3010. The van der Waals surface area contributed by atoms with Crippen LogP contribution in [0.1, 0.15) is 131 Å². The highest BCUT2D eigenvalue weighted by Gasteiger charge is 2.50. The molecule has 6 amide bonds. The third kappa shape index (κ3) is 16.0. The fourth-order valence-corrected chi connectivity index (χ4v) is 9.89. The van der Waals surface area contributed by atoms with E-state index in [0.717, 1.165) is 11.1 Å². The van der Waals surface area contributed by atoms with Crippen molar-refractivity contribution in [3.8, 4) is 28.6 Å². The van der Waals surface area contributed by atoms with Crippen LogP contribution in [0.3, 0.4) is 0 Å². The Morgan fingerprint density at radius 3 is 1.86 bits per heavy atom. The van der Waals surface area contributed by atoms with Crippen molar-refractivity contribution in [1.29, 1.82) is 0 Å². The number of phenols is 2. The molecule has 2 aliphatic rings. The number of hydrogen-bond acceptors (Lipinski definition) is 13. The number of epoxide rings is 1. The number of piperidine rings is 1. The van der Waals surface area contributed by atoms with E-state index in [1.807, 2.05) is 102 Å². The van der Waals surface area contributed by atoms with E-state index in [0.29, 0.717) is 49.0 Å². The van der Waals surface area contributed by atoms with Crippen LogP contribution in [0.4, 0.5) is 4.79 Å². The van der Waals surface area contributed by atoms with Gasteiger partial charge < -0.3 is 51.2 Å². The van der Waals surface area contributed by atoms with E-state index in [4.69, 9.17) is 9.47 Å². The van der Waals surface area contributed by atoms with E-state index in [2.05, 4.69) is 36.8 Å². The molecule has 0 aliphatic carbocycles. The molecule has 0 bridgehead atoms. The van der Waals surface area contributed by atoms with E-state index in [-0.39, 0.29) is 97.1 Å². The summed E-state index contributed by atoms with van der Waals surface area (Å²) >= 11 is 0. The van der Waals surface area contributed by atoms with Crippen molar-refractivity contribution >= 4 is 41.4 Å². The Morgan fingerprint density at radius 2 is 1.27 bits per heavy atom. The molecule has 4 aromatic carbocycles. The van der Waals surface area contributed by atoms with Gasteiger partial charge in [0.05, 0.1) is 18.2 Å². The van der Waals surface area contributed by atoms with Gasteiger partial charge in [0.1, 0.15) is 41.3 Å². The van der Waals surface area contributed by atoms with E-state index in [9.17, 15) is 43.8 Å². The SMILES string of the molecule is CCNC(=O)c1nnc(-c2cc(C(C)C)c(O)cc2O)n1-c1ccc(C(=O)N2CCC(OC(=O)N[C@@H](CCc3ccccc3)C(=O)N[C@@H](CC(C)C)C(=O)N[C@@H](Cc3ccccc3)C(=O)NC(CC(C)C)C(=O)C3(C)CO3)CC2)cc1. The van der Waals surface area contributed by atoms with Gasteiger partial charge >= 0.3 is 6.09 Å². The van der Waals surface area contributed by atoms with Crippen molar-refractivity contribution < 1.29 is 53.2 Å². The van der Waals surface area contributed by atoms with Crippen LogP contribution in [-0.4, -0.2) is 133 Å². The number of amides is 6. The monoisotopic (exact) mass is 1110 g/mol. The van der Waals surface area contributed by atoms with Crippen molar-refractivity contribution in [2.24, 2.45) is 11.8 Å². The third-order valence-corrected chi connectivity index (χ3v) is 14.5. The van der Waals surface area contributed by atoms with E-state index in [1.165, 1.54) is 10.6 Å². The van der Waals surface area contributed by atoms with E-state index in [1.54, 1.807) is 49.1 Å². The number of Topliss-reactive ketones (excluding diaryl/α,β-unsaturated/α-hetero) is 1. The van der Waals surface area contributed by atoms with Crippen LogP contribution < -0.4 is 26.6 Å². The first-order valence-corrected chi connectivity index (χ1v) is 28.0. The minimum atomic E-state index is -1.14. The van der Waals surface area contributed by atoms with Crippen LogP contribution in [0.5, 0.6) is 11.5 Å². The zero-order valence-corrected chi connectivity index (χ0v) is 47.5. The van der Waals surface area contributed by atoms with Crippen molar-refractivity contribution in [2.45, 2.75) is 142 Å². The molecule has 20 heteroatoms. The lowest BCUT2D eigenvalue weighted by Crippen LogP contribution is -2.59. The first-order valence-electron chi connectivity index (χ1n) is 28.0. The average molecular weight is 1110 g/mol. The second-order valence-electron chi connectivity index (χ2n) is 22.3. The molecule has 0 radical (unpaired) electrons. The second-order valence-corrected chi connectivity index (χ2v) is 22.3. The van der Waals surface area contributed by atoms with Crippen molar-refractivity contribution in [2.75, 3.05) is 26.2 Å². The second kappa shape index (κ2) is 27.4. The number of aromatic nitrogens is 3. The zero-order valence-electron chi connectivity index (χ0n) is 47.5. The van der Waals surface area contributed by atoms with Gasteiger partial charge in [-0.2, -0.15) is 0 Å². The molecular weight excluding hydrogens is 1030 g/mol. The maximum absolute atomic E-state index is 14.4. The number of nitrogens with zero attached hydrogens (tertiary/aromatic N) is 4. The molecule has 0 spiro atoms. The average Bonchev–Trinajstić information content (AvgIpc) is 4.28. The lowest BCUT2D eigenvalue weighted by atomic mass is 9.93. The Hall–Kier alpha value is -8.13. The van der Waals surface area contributed by atoms with Crippen LogP contribution in [0.2, 0.25) is 0 Å². The van der Waals surface area contributed by atoms with Crippen LogP contribution in [0, 0.1) is 11.8 Å². The fraction of sp³-hybridized carbons (Fsp3) is 0.459. The molecule has 2 saturated heterocycles. The fourth-order valence-electron chi connectivity index (χ4n) is 9.89. The molecule has 20 nitrogen and oxygen atoms in total. The third-order valence-electron chi connectivity index (χ3n) is 14.5. The topological polar surface area (TPSA) is 276 Å². The summed E-state index contributed by atoms with van der Waals surface area (Å²) in [6.45, 7) is 16.0. The van der Waals surface area contributed by atoms with Gasteiger partial charge in [0.25, 0.3) is 11.8 Å². The highest BCUT2D eigenvalue weighted by molar-refractivity contribution is 5.99. The number of ketones is 1. The maximum Gasteiger partial charge on any atom is 0.408 e. The summed E-state index contributed by atoms with van der Waals surface area (Å²) in [5, 5.41) is 44.1. The highest BCUT2D eigenvalue weighted by atomic mass is 16.6. The van der Waals surface area contributed by atoms with Gasteiger partial charge in [-0.3, -0.25) is 33.3 Å². The van der Waals surface area contributed by atoms with Crippen LogP contribution >= 0.6 is 0 Å². The molecule has 1 aromatic heterocycles. The van der Waals surface area contributed by atoms with E-state index >= 15 is 0 Å². The van der Waals surface area contributed by atoms with Crippen LogP contribution in [-0.2, 0) is 41.5 Å². The van der Waals surface area contributed by atoms with Gasteiger partial charge in [-0.05, 0) is 104 Å². The molecule has 81 heavy (non-hydrogen) atoms. The molecule has 432 valence electrons. The van der Waals surface area contributed by atoms with Gasteiger partial charge in [0, 0.05) is 56.2 Å². The highest BCUT2D eigenvalue weighted by Crippen LogP contribution is 2.38. The Morgan fingerprint density at radius 1 is 0.704 bits per heavy atom. The Labute approximate surface area is 473 Å². The lowest BCUT2D eigenvalue weighted by molar-refractivity contribution is -0.134. The predicted octanol–water partition coefficient (Wildman–Crippen LogP) is 6.70. The van der Waals surface area contributed by atoms with Crippen LogP contribution in [0.15, 0.2) is 97.1 Å². The molecule has 5 aromatic rings. The molecule has 2 unspecified atom stereocenters. The number of rotatable bonds is 25. The quantitative estimate of drug-likeness (QED) is 0.0300. The molecule has 7 N–H and O–H groups in total. The van der Waals surface area contributed by atoms with Gasteiger partial charge in [-0.1, -0.05) is 102 Å². The normalized spacial score (nSPS) is 16.7. The summed E-state index contributed by atoms with van der Waals surface area (Å²) in [7, 11) is 0. The largest absolute Gasteiger partial charge is 0.508 e. The molecule has 2 aliphatic heterocycles. The summed E-state index contributed by atoms with van der Waals surface area (Å²) in [6, 6.07) is 23.7. The standard InChI is InChI=1S/C61H77N9O11/c1-9-62-58(77)54-68-67-53(45-33-44(38(6)7)50(71)34-51(45)72)70(54)42-23-21-41(22-24-42)59(78)69-28-26-43(27-29-69)81-60(79)66-46(25-20-39-16-12-10-13-17-39)55(74)64-48(31-37(4)5)56(75)65-49(32-40-18-14-11-15-19-40)57(76)63-47(30-36(2)3)52(73)61(8)35-80-61/h10-19,21-24,33-34,36-38,43,46-49,71-72H,9,20,25-32,35H2,1-8H3,(H,62,77)(H,63,76)(H,64,74)(H,65,75)(H,66,79)/t46-,47?,48-,49-,61?/m0/s1. The number of aromatic hydroxyl groups is 2. The number of benzene rings is 4. The van der Waals surface area contributed by atoms with Gasteiger partial charge in [-0.15, -0.1) is 10.2 Å². The van der Waals surface area contributed by atoms with E-state index < -0.39 is 65.6 Å². The number of nitrogens with one attached hydrogen (secondary N) is 5. The maximum atomic E-state index is 14.4. The zero-order chi connectivity index (χ0) is 58.5. The van der Waals surface area contributed by atoms with Crippen molar-refractivity contribution in [3.05, 3.63) is 125 Å². The minimum absolute atomic E-state index is 0.0518. The minimum Gasteiger partial charge on any atom is -0.508 e. The number of carbonyl (C=O) groups is 7. The first kappa shape index (κ1) is 60.5. The summed E-state index contributed by atoms with van der Waals surface area (Å²) in [4.78, 5) is 99.0. The smallest absolute Gasteiger partial charge is 0.408 e. The summed E-state index contributed by atoms with van der Waals surface area (Å²) < 4.78 is 12.8. The Balaban J connectivity index is 1.01. The molecule has 3 heterocycles. The molecule has 0 saturated carbocycles. The predicted molar refractivity (Wildman–Crippen MR) is 304 cm³/mol. The number of phenolic OH excluding ortho intramolecular Hbond substituents is 2. The number of hydrogen-bond donors (Lipinski definition) is 7. The van der Waals surface area contributed by atoms with Crippen LogP contribution in [0.25, 0.3) is 17.1 Å². The molecule has 5 atom stereocenters.